The molecule has 3 heteroatoms. The van der Waals surface area contributed by atoms with Crippen LogP contribution in [0, 0.1) is 13.8 Å². The van der Waals surface area contributed by atoms with E-state index in [-0.39, 0.29) is 12.6 Å². The predicted octanol–water partition coefficient (Wildman–Crippen LogP) is 2.27. The lowest BCUT2D eigenvalue weighted by Crippen LogP contribution is -2.34. The molecule has 2 N–H and O–H groups in total. The van der Waals surface area contributed by atoms with Crippen molar-refractivity contribution in [1.82, 2.24) is 10.2 Å². The standard InChI is InChI=1S/C16H28N2O/c1-5-18(6-2)10-9-17-16(12-19)15-8-7-13(3)14(4)11-15/h7-8,11,16-17,19H,5-6,9-10,12H2,1-4H3. The van der Waals surface area contributed by atoms with Crippen LogP contribution in [-0.2, 0) is 0 Å². The first-order valence-corrected chi connectivity index (χ1v) is 7.26. The van der Waals surface area contributed by atoms with Gasteiger partial charge < -0.3 is 15.3 Å². The molecule has 1 unspecified atom stereocenters. The molecule has 0 fully saturated rings. The molecule has 1 atom stereocenters. The smallest absolute Gasteiger partial charge is 0.0626 e. The molecule has 0 radical (unpaired) electrons. The van der Waals surface area contributed by atoms with Crippen LogP contribution in [0.4, 0.5) is 0 Å². The molecule has 0 aliphatic heterocycles. The summed E-state index contributed by atoms with van der Waals surface area (Å²) in [4.78, 5) is 2.38. The van der Waals surface area contributed by atoms with Crippen molar-refractivity contribution < 1.29 is 5.11 Å². The lowest BCUT2D eigenvalue weighted by Gasteiger charge is -2.22. The molecule has 1 aromatic rings. The number of aliphatic hydroxyl groups excluding tert-OH is 1. The maximum absolute atomic E-state index is 9.54. The van der Waals surface area contributed by atoms with Gasteiger partial charge in [-0.1, -0.05) is 32.0 Å². The van der Waals surface area contributed by atoms with Crippen molar-refractivity contribution >= 4 is 0 Å². The van der Waals surface area contributed by atoms with E-state index in [1.807, 2.05) is 0 Å². The van der Waals surface area contributed by atoms with Crippen LogP contribution < -0.4 is 5.32 Å². The molecule has 0 bridgehead atoms. The quantitative estimate of drug-likeness (QED) is 0.756. The van der Waals surface area contributed by atoms with Crippen LogP contribution >= 0.6 is 0 Å². The average Bonchev–Trinajstić information content (AvgIpc) is 2.42. The van der Waals surface area contributed by atoms with Gasteiger partial charge in [-0.3, -0.25) is 0 Å². The molecule has 0 saturated carbocycles. The van der Waals surface area contributed by atoms with Gasteiger partial charge in [0.05, 0.1) is 12.6 Å². The number of rotatable bonds is 8. The van der Waals surface area contributed by atoms with Gasteiger partial charge >= 0.3 is 0 Å². The fourth-order valence-electron chi connectivity index (χ4n) is 2.21. The summed E-state index contributed by atoms with van der Waals surface area (Å²) in [6.07, 6.45) is 0. The number of hydrogen-bond donors (Lipinski definition) is 2. The van der Waals surface area contributed by atoms with Gasteiger partial charge in [0.1, 0.15) is 0 Å². The summed E-state index contributed by atoms with van der Waals surface area (Å²) in [5.74, 6) is 0. The Morgan fingerprint density at radius 1 is 1.16 bits per heavy atom. The number of likely N-dealkylation sites (N-methyl/N-ethyl adjacent to an activating group) is 1. The Morgan fingerprint density at radius 2 is 1.84 bits per heavy atom. The van der Waals surface area contributed by atoms with Crippen molar-refractivity contribution in [3.05, 3.63) is 34.9 Å². The van der Waals surface area contributed by atoms with E-state index in [2.05, 4.69) is 56.1 Å². The van der Waals surface area contributed by atoms with Crippen molar-refractivity contribution in [2.24, 2.45) is 0 Å². The molecule has 1 aromatic carbocycles. The second-order valence-electron chi connectivity index (χ2n) is 5.06. The van der Waals surface area contributed by atoms with E-state index in [1.54, 1.807) is 0 Å². The number of hydrogen-bond acceptors (Lipinski definition) is 3. The van der Waals surface area contributed by atoms with Crippen molar-refractivity contribution in [3.8, 4) is 0 Å². The fraction of sp³-hybridized carbons (Fsp3) is 0.625. The van der Waals surface area contributed by atoms with E-state index in [0.29, 0.717) is 0 Å². The molecule has 0 aliphatic carbocycles. The Bertz CT molecular complexity index is 375. The van der Waals surface area contributed by atoms with Gasteiger partial charge in [-0.25, -0.2) is 0 Å². The van der Waals surface area contributed by atoms with E-state index in [1.165, 1.54) is 16.7 Å². The lowest BCUT2D eigenvalue weighted by molar-refractivity contribution is 0.233. The highest BCUT2D eigenvalue weighted by Crippen LogP contribution is 2.16. The van der Waals surface area contributed by atoms with Gasteiger partial charge in [-0.05, 0) is 43.6 Å². The number of aryl methyl sites for hydroxylation is 2. The zero-order valence-electron chi connectivity index (χ0n) is 12.7. The second-order valence-corrected chi connectivity index (χ2v) is 5.06. The van der Waals surface area contributed by atoms with Crippen molar-refractivity contribution in [3.63, 3.8) is 0 Å². The maximum Gasteiger partial charge on any atom is 0.0626 e. The van der Waals surface area contributed by atoms with Crippen LogP contribution in [0.3, 0.4) is 0 Å². The molecule has 3 nitrogen and oxygen atoms in total. The monoisotopic (exact) mass is 264 g/mol. The Balaban J connectivity index is 2.55. The van der Waals surface area contributed by atoms with Crippen LogP contribution in [0.2, 0.25) is 0 Å². The van der Waals surface area contributed by atoms with Crippen LogP contribution in [0.5, 0.6) is 0 Å². The van der Waals surface area contributed by atoms with Crippen LogP contribution in [-0.4, -0.2) is 42.8 Å². The molecule has 108 valence electrons. The average molecular weight is 264 g/mol. The van der Waals surface area contributed by atoms with E-state index < -0.39 is 0 Å². The summed E-state index contributed by atoms with van der Waals surface area (Å²) in [5.41, 5.74) is 3.75. The highest BCUT2D eigenvalue weighted by atomic mass is 16.3. The lowest BCUT2D eigenvalue weighted by atomic mass is 10.0. The van der Waals surface area contributed by atoms with Crippen molar-refractivity contribution in [1.29, 1.82) is 0 Å². The summed E-state index contributed by atoms with van der Waals surface area (Å²) >= 11 is 0. The Morgan fingerprint density at radius 3 is 2.37 bits per heavy atom. The number of benzene rings is 1. The topological polar surface area (TPSA) is 35.5 Å². The zero-order valence-corrected chi connectivity index (χ0v) is 12.7. The van der Waals surface area contributed by atoms with Gasteiger partial charge in [-0.2, -0.15) is 0 Å². The molecule has 0 amide bonds. The molecule has 0 spiro atoms. The largest absolute Gasteiger partial charge is 0.394 e. The molecule has 0 heterocycles. The summed E-state index contributed by atoms with van der Waals surface area (Å²) < 4.78 is 0. The summed E-state index contributed by atoms with van der Waals surface area (Å²) in [5, 5.41) is 13.0. The van der Waals surface area contributed by atoms with Gasteiger partial charge in [0, 0.05) is 13.1 Å². The molecule has 1 rings (SSSR count). The maximum atomic E-state index is 9.54. The van der Waals surface area contributed by atoms with Crippen LogP contribution in [0.15, 0.2) is 18.2 Å². The molecule has 0 saturated heterocycles. The molecule has 19 heavy (non-hydrogen) atoms. The third-order valence-electron chi connectivity index (χ3n) is 3.83. The van der Waals surface area contributed by atoms with E-state index in [4.69, 9.17) is 0 Å². The molecule has 0 aliphatic rings. The van der Waals surface area contributed by atoms with Gasteiger partial charge in [-0.15, -0.1) is 0 Å². The molecule has 0 aromatic heterocycles. The first kappa shape index (κ1) is 16.2. The first-order chi connectivity index (χ1) is 9.12. The normalized spacial score (nSPS) is 12.9. The number of nitrogens with one attached hydrogen (secondary N) is 1. The SMILES string of the molecule is CCN(CC)CCNC(CO)c1ccc(C)c(C)c1. The predicted molar refractivity (Wildman–Crippen MR) is 81.5 cm³/mol. The highest BCUT2D eigenvalue weighted by molar-refractivity contribution is 5.31. The van der Waals surface area contributed by atoms with E-state index >= 15 is 0 Å². The van der Waals surface area contributed by atoms with Gasteiger partial charge in [0.25, 0.3) is 0 Å². The zero-order chi connectivity index (χ0) is 14.3. The van der Waals surface area contributed by atoms with E-state index in [9.17, 15) is 5.11 Å². The minimum Gasteiger partial charge on any atom is -0.394 e. The Hall–Kier alpha value is -0.900. The van der Waals surface area contributed by atoms with Gasteiger partial charge in [0.2, 0.25) is 0 Å². The Kier molecular flexibility index (Phi) is 7.06. The summed E-state index contributed by atoms with van der Waals surface area (Å²) in [6, 6.07) is 6.43. The fourth-order valence-corrected chi connectivity index (χ4v) is 2.21. The highest BCUT2D eigenvalue weighted by Gasteiger charge is 2.10. The van der Waals surface area contributed by atoms with Crippen LogP contribution in [0.1, 0.15) is 36.6 Å². The minimum absolute atomic E-state index is 0.0369. The van der Waals surface area contributed by atoms with Crippen molar-refractivity contribution in [2.75, 3.05) is 32.8 Å². The number of aliphatic hydroxyl groups is 1. The molecular weight excluding hydrogens is 236 g/mol. The minimum atomic E-state index is 0.0369. The second kappa shape index (κ2) is 8.31. The number of nitrogens with zero attached hydrogens (tertiary/aromatic N) is 1. The first-order valence-electron chi connectivity index (χ1n) is 7.26. The summed E-state index contributed by atoms with van der Waals surface area (Å²) in [6.45, 7) is 12.8. The third kappa shape index (κ3) is 4.94. The molecular formula is C16H28N2O. The summed E-state index contributed by atoms with van der Waals surface area (Å²) in [7, 11) is 0. The van der Waals surface area contributed by atoms with Gasteiger partial charge in [0.15, 0.2) is 0 Å². The third-order valence-corrected chi connectivity index (χ3v) is 3.83. The van der Waals surface area contributed by atoms with Crippen LogP contribution in [0.25, 0.3) is 0 Å². The Labute approximate surface area is 117 Å². The van der Waals surface area contributed by atoms with Crippen molar-refractivity contribution in [2.45, 2.75) is 33.7 Å². The van der Waals surface area contributed by atoms with E-state index in [0.717, 1.165) is 26.2 Å².